The first-order chi connectivity index (χ1) is 8.16. The topological polar surface area (TPSA) is 20.2 Å². The van der Waals surface area contributed by atoms with E-state index in [4.69, 9.17) is 0 Å². The Labute approximate surface area is 100 Å². The van der Waals surface area contributed by atoms with Gasteiger partial charge < -0.3 is 5.11 Å². The maximum atomic E-state index is 13.0. The molecule has 1 N–H and O–H groups in total. The van der Waals surface area contributed by atoms with Crippen LogP contribution < -0.4 is 0 Å². The molecule has 0 aromatic heterocycles. The zero-order valence-corrected chi connectivity index (χ0v) is 9.83. The molecule has 1 aromatic carbocycles. The van der Waals surface area contributed by atoms with E-state index in [1.54, 1.807) is 0 Å². The fourth-order valence-corrected chi connectivity index (χ4v) is 2.58. The van der Waals surface area contributed by atoms with Crippen molar-refractivity contribution in [2.24, 2.45) is 5.92 Å². The molecule has 1 unspecified atom stereocenters. The maximum absolute atomic E-state index is 13.0. The second-order valence-corrected chi connectivity index (χ2v) is 4.92. The van der Waals surface area contributed by atoms with Crippen LogP contribution in [-0.2, 0) is 0 Å². The number of hydrogen-bond donors (Lipinski definition) is 1. The van der Waals surface area contributed by atoms with Crippen molar-refractivity contribution in [3.05, 3.63) is 35.4 Å². The molecule has 0 heterocycles. The molecule has 0 bridgehead atoms. The Morgan fingerprint density at radius 1 is 1.18 bits per heavy atom. The summed E-state index contributed by atoms with van der Waals surface area (Å²) in [6.07, 6.45) is 5.98. The molecule has 1 aliphatic carbocycles. The highest BCUT2D eigenvalue weighted by Crippen LogP contribution is 2.31. The summed E-state index contributed by atoms with van der Waals surface area (Å²) in [4.78, 5) is 0. The molecule has 0 aliphatic heterocycles. The number of hydrogen-bond acceptors (Lipinski definition) is 1. The Bertz CT molecular complexity index is 372. The van der Waals surface area contributed by atoms with Gasteiger partial charge in [-0.15, -0.1) is 0 Å². The molecular formula is C14H18F2O. The fraction of sp³-hybridized carbons (Fsp3) is 0.571. The molecule has 0 saturated heterocycles. The minimum Gasteiger partial charge on any atom is -0.388 e. The standard InChI is InChI=1S/C14H18F2O/c15-12-7-6-11(9-13(12)16)14(17)8-5-10-3-1-2-4-10/h6-7,9-10,14,17H,1-5,8H2. The van der Waals surface area contributed by atoms with Gasteiger partial charge in [0.15, 0.2) is 11.6 Å². The molecule has 1 aliphatic rings. The van der Waals surface area contributed by atoms with E-state index in [0.717, 1.165) is 18.6 Å². The lowest BCUT2D eigenvalue weighted by Crippen LogP contribution is -2.02. The summed E-state index contributed by atoms with van der Waals surface area (Å²) in [6, 6.07) is 3.62. The van der Waals surface area contributed by atoms with Gasteiger partial charge in [0, 0.05) is 0 Å². The summed E-state index contributed by atoms with van der Waals surface area (Å²) in [5, 5.41) is 9.91. The minimum atomic E-state index is -0.887. The third-order valence-corrected chi connectivity index (χ3v) is 3.65. The summed E-state index contributed by atoms with van der Waals surface area (Å²) in [5.41, 5.74) is 0.474. The summed E-state index contributed by atoms with van der Waals surface area (Å²) in [5.74, 6) is -1.05. The van der Waals surface area contributed by atoms with Gasteiger partial charge in [0.05, 0.1) is 6.10 Å². The van der Waals surface area contributed by atoms with E-state index in [1.165, 1.54) is 31.7 Å². The summed E-state index contributed by atoms with van der Waals surface area (Å²) in [7, 11) is 0. The van der Waals surface area contributed by atoms with Crippen LogP contribution in [0.15, 0.2) is 18.2 Å². The molecule has 1 aromatic rings. The Morgan fingerprint density at radius 3 is 2.53 bits per heavy atom. The predicted molar refractivity (Wildman–Crippen MR) is 62.5 cm³/mol. The Hall–Kier alpha value is -0.960. The third-order valence-electron chi connectivity index (χ3n) is 3.65. The van der Waals surface area contributed by atoms with Gasteiger partial charge in [-0.3, -0.25) is 0 Å². The summed E-state index contributed by atoms with van der Waals surface area (Å²) < 4.78 is 25.7. The Morgan fingerprint density at radius 2 is 1.88 bits per heavy atom. The molecule has 1 nitrogen and oxygen atoms in total. The average molecular weight is 240 g/mol. The zero-order valence-electron chi connectivity index (χ0n) is 9.83. The fourth-order valence-electron chi connectivity index (χ4n) is 2.58. The maximum Gasteiger partial charge on any atom is 0.159 e. The summed E-state index contributed by atoms with van der Waals surface area (Å²) in [6.45, 7) is 0. The molecule has 2 rings (SSSR count). The van der Waals surface area contributed by atoms with Crippen LogP contribution >= 0.6 is 0 Å². The van der Waals surface area contributed by atoms with Crippen molar-refractivity contribution in [3.63, 3.8) is 0 Å². The van der Waals surface area contributed by atoms with E-state index in [-0.39, 0.29) is 0 Å². The minimum absolute atomic E-state index is 0.474. The third kappa shape index (κ3) is 3.25. The van der Waals surface area contributed by atoms with Crippen molar-refractivity contribution in [1.29, 1.82) is 0 Å². The lowest BCUT2D eigenvalue weighted by molar-refractivity contribution is 0.156. The highest BCUT2D eigenvalue weighted by Gasteiger charge is 2.17. The first-order valence-electron chi connectivity index (χ1n) is 6.30. The highest BCUT2D eigenvalue weighted by molar-refractivity contribution is 5.19. The van der Waals surface area contributed by atoms with Crippen molar-refractivity contribution >= 4 is 0 Å². The molecule has 0 radical (unpaired) electrons. The van der Waals surface area contributed by atoms with E-state index in [9.17, 15) is 13.9 Å². The normalized spacial score (nSPS) is 18.5. The lowest BCUT2D eigenvalue weighted by Gasteiger charge is -2.14. The second-order valence-electron chi connectivity index (χ2n) is 4.92. The van der Waals surface area contributed by atoms with Gasteiger partial charge >= 0.3 is 0 Å². The van der Waals surface area contributed by atoms with Gasteiger partial charge in [-0.1, -0.05) is 31.7 Å². The first-order valence-corrected chi connectivity index (χ1v) is 6.30. The van der Waals surface area contributed by atoms with Crippen molar-refractivity contribution in [1.82, 2.24) is 0 Å². The average Bonchev–Trinajstić information content (AvgIpc) is 2.82. The van der Waals surface area contributed by atoms with Gasteiger partial charge in [0.2, 0.25) is 0 Å². The van der Waals surface area contributed by atoms with Crippen molar-refractivity contribution in [3.8, 4) is 0 Å². The van der Waals surface area contributed by atoms with Gasteiger partial charge in [0.1, 0.15) is 0 Å². The van der Waals surface area contributed by atoms with Crippen LogP contribution in [0, 0.1) is 17.6 Å². The molecule has 0 amide bonds. The first kappa shape index (κ1) is 12.5. The van der Waals surface area contributed by atoms with E-state index >= 15 is 0 Å². The monoisotopic (exact) mass is 240 g/mol. The highest BCUT2D eigenvalue weighted by atomic mass is 19.2. The van der Waals surface area contributed by atoms with E-state index in [1.807, 2.05) is 0 Å². The van der Waals surface area contributed by atoms with Crippen LogP contribution in [0.4, 0.5) is 8.78 Å². The van der Waals surface area contributed by atoms with Crippen molar-refractivity contribution < 1.29 is 13.9 Å². The largest absolute Gasteiger partial charge is 0.388 e. The van der Waals surface area contributed by atoms with Crippen LogP contribution in [-0.4, -0.2) is 5.11 Å². The zero-order chi connectivity index (χ0) is 12.3. The number of rotatable bonds is 4. The second kappa shape index (κ2) is 5.58. The number of halogens is 2. The Balaban J connectivity index is 1.89. The summed E-state index contributed by atoms with van der Waals surface area (Å²) >= 11 is 0. The van der Waals surface area contributed by atoms with E-state index < -0.39 is 17.7 Å². The van der Waals surface area contributed by atoms with Crippen LogP contribution in [0.25, 0.3) is 0 Å². The molecule has 1 atom stereocenters. The van der Waals surface area contributed by atoms with Crippen molar-refractivity contribution in [2.45, 2.75) is 44.6 Å². The smallest absolute Gasteiger partial charge is 0.159 e. The van der Waals surface area contributed by atoms with Gasteiger partial charge in [-0.25, -0.2) is 8.78 Å². The lowest BCUT2D eigenvalue weighted by atomic mass is 9.96. The molecule has 17 heavy (non-hydrogen) atoms. The van der Waals surface area contributed by atoms with Crippen LogP contribution in [0.1, 0.15) is 50.2 Å². The number of aliphatic hydroxyl groups excluding tert-OH is 1. The molecular weight excluding hydrogens is 222 g/mol. The van der Waals surface area contributed by atoms with Crippen LogP contribution in [0.3, 0.4) is 0 Å². The SMILES string of the molecule is OC(CCC1CCCC1)c1ccc(F)c(F)c1. The van der Waals surface area contributed by atoms with E-state index in [0.29, 0.717) is 17.9 Å². The number of aliphatic hydroxyl groups is 1. The van der Waals surface area contributed by atoms with Gasteiger partial charge in [0.25, 0.3) is 0 Å². The molecule has 3 heteroatoms. The predicted octanol–water partition coefficient (Wildman–Crippen LogP) is 3.97. The van der Waals surface area contributed by atoms with Gasteiger partial charge in [-0.05, 0) is 36.5 Å². The van der Waals surface area contributed by atoms with E-state index in [2.05, 4.69) is 0 Å². The van der Waals surface area contributed by atoms with Crippen LogP contribution in [0.5, 0.6) is 0 Å². The Kier molecular flexibility index (Phi) is 4.11. The molecule has 94 valence electrons. The quantitative estimate of drug-likeness (QED) is 0.844. The molecule has 1 fully saturated rings. The van der Waals surface area contributed by atoms with Crippen LogP contribution in [0.2, 0.25) is 0 Å². The van der Waals surface area contributed by atoms with Gasteiger partial charge in [-0.2, -0.15) is 0 Å². The molecule has 1 saturated carbocycles. The molecule has 0 spiro atoms. The number of benzene rings is 1. The van der Waals surface area contributed by atoms with Crippen molar-refractivity contribution in [2.75, 3.05) is 0 Å².